The minimum absolute atomic E-state index is 0.0262. The van der Waals surface area contributed by atoms with Gasteiger partial charge in [0.15, 0.2) is 0 Å². The molecular formula is C29H33N3O5. The van der Waals surface area contributed by atoms with Crippen molar-refractivity contribution in [1.29, 1.82) is 0 Å². The number of rotatable bonds is 11. The molecule has 4 rings (SSSR count). The molecule has 1 aromatic heterocycles. The lowest BCUT2D eigenvalue weighted by Gasteiger charge is -2.19. The summed E-state index contributed by atoms with van der Waals surface area (Å²) in [5.41, 5.74) is 7.35. The highest BCUT2D eigenvalue weighted by Gasteiger charge is 2.14. The third-order valence-corrected chi connectivity index (χ3v) is 5.79. The molecule has 1 heterocycles. The van der Waals surface area contributed by atoms with Gasteiger partial charge in [0.05, 0.1) is 11.6 Å². The van der Waals surface area contributed by atoms with Crippen molar-refractivity contribution >= 4 is 10.9 Å². The van der Waals surface area contributed by atoms with Crippen molar-refractivity contribution in [3.63, 3.8) is 0 Å². The molecule has 0 fully saturated rings. The molecule has 0 aliphatic carbocycles. The van der Waals surface area contributed by atoms with Crippen LogP contribution < -0.4 is 26.1 Å². The number of phenols is 1. The SMILES string of the molecule is CC(C)(N)COc1ccc(Oc2ccc(CCNC[C@H](O)c3ccc(O)c4[nH]c(=O)ccc34)cc2)cc1. The van der Waals surface area contributed by atoms with E-state index in [1.165, 1.54) is 12.1 Å². The molecule has 0 bridgehead atoms. The molecule has 0 spiro atoms. The van der Waals surface area contributed by atoms with Crippen LogP contribution in [0.25, 0.3) is 10.9 Å². The van der Waals surface area contributed by atoms with Crippen molar-refractivity contribution in [3.05, 3.63) is 94.3 Å². The van der Waals surface area contributed by atoms with Gasteiger partial charge in [-0.3, -0.25) is 4.79 Å². The second-order valence-electron chi connectivity index (χ2n) is 9.75. The van der Waals surface area contributed by atoms with Gasteiger partial charge in [-0.25, -0.2) is 0 Å². The highest BCUT2D eigenvalue weighted by molar-refractivity contribution is 5.87. The standard InChI is InChI=1S/C29H33N3O5/c1-29(2,30)18-36-20-7-9-22(10-8-20)37-21-5-3-19(4-6-21)15-16-31-17-26(34)23-11-13-25(33)28-24(23)12-14-27(35)32-28/h3-14,26,31,33-34H,15-18,30H2,1-2H3,(H,32,35)/t26-/m0/s1. The molecule has 0 aliphatic rings. The van der Waals surface area contributed by atoms with Crippen molar-refractivity contribution in [2.24, 2.45) is 5.73 Å². The minimum atomic E-state index is -0.789. The first-order chi connectivity index (χ1) is 17.7. The van der Waals surface area contributed by atoms with Crippen molar-refractivity contribution in [1.82, 2.24) is 10.3 Å². The van der Waals surface area contributed by atoms with Crippen LogP contribution in [0.2, 0.25) is 0 Å². The molecule has 6 N–H and O–H groups in total. The number of ether oxygens (including phenoxy) is 2. The average molecular weight is 504 g/mol. The van der Waals surface area contributed by atoms with Gasteiger partial charge in [-0.15, -0.1) is 0 Å². The number of aliphatic hydroxyl groups is 1. The van der Waals surface area contributed by atoms with E-state index < -0.39 is 11.6 Å². The summed E-state index contributed by atoms with van der Waals surface area (Å²) in [4.78, 5) is 14.2. The number of H-pyrrole nitrogens is 1. The molecule has 3 aromatic carbocycles. The van der Waals surface area contributed by atoms with Gasteiger partial charge in [0.25, 0.3) is 0 Å². The predicted octanol–water partition coefficient (Wildman–Crippen LogP) is 4.01. The molecule has 8 nitrogen and oxygen atoms in total. The number of pyridine rings is 1. The lowest BCUT2D eigenvalue weighted by Crippen LogP contribution is -2.38. The van der Waals surface area contributed by atoms with Crippen molar-refractivity contribution in [2.45, 2.75) is 31.9 Å². The number of aliphatic hydroxyl groups excluding tert-OH is 1. The molecule has 0 unspecified atom stereocenters. The van der Waals surface area contributed by atoms with Gasteiger partial charge in [-0.2, -0.15) is 0 Å². The molecule has 194 valence electrons. The van der Waals surface area contributed by atoms with E-state index in [0.717, 1.165) is 23.5 Å². The van der Waals surface area contributed by atoms with Crippen LogP contribution in [0, 0.1) is 0 Å². The Morgan fingerprint density at radius 1 is 0.946 bits per heavy atom. The number of nitrogens with two attached hydrogens (primary N) is 1. The van der Waals surface area contributed by atoms with Crippen LogP contribution in [0.1, 0.15) is 31.1 Å². The number of aromatic hydroxyl groups is 1. The predicted molar refractivity (Wildman–Crippen MR) is 144 cm³/mol. The van der Waals surface area contributed by atoms with E-state index in [0.29, 0.717) is 41.9 Å². The Kier molecular flexibility index (Phi) is 8.13. The zero-order valence-corrected chi connectivity index (χ0v) is 21.0. The molecule has 0 amide bonds. The number of hydrogen-bond acceptors (Lipinski definition) is 7. The summed E-state index contributed by atoms with van der Waals surface area (Å²) in [5, 5.41) is 24.6. The number of aromatic amines is 1. The molecule has 0 saturated carbocycles. The number of nitrogens with one attached hydrogen (secondary N) is 2. The van der Waals surface area contributed by atoms with E-state index >= 15 is 0 Å². The highest BCUT2D eigenvalue weighted by Crippen LogP contribution is 2.28. The first kappa shape index (κ1) is 26.2. The van der Waals surface area contributed by atoms with Gasteiger partial charge in [-0.05, 0) is 86.5 Å². The quantitative estimate of drug-likeness (QED) is 0.196. The van der Waals surface area contributed by atoms with Gasteiger partial charge in [-0.1, -0.05) is 18.2 Å². The molecule has 37 heavy (non-hydrogen) atoms. The van der Waals surface area contributed by atoms with E-state index in [1.54, 1.807) is 12.1 Å². The van der Waals surface area contributed by atoms with Crippen LogP contribution in [0.3, 0.4) is 0 Å². The summed E-state index contributed by atoms with van der Waals surface area (Å²) in [6.45, 7) is 5.27. The largest absolute Gasteiger partial charge is 0.506 e. The van der Waals surface area contributed by atoms with Crippen LogP contribution in [0.15, 0.2) is 77.6 Å². The van der Waals surface area contributed by atoms with Gasteiger partial charge in [0.1, 0.15) is 29.6 Å². The fourth-order valence-corrected chi connectivity index (χ4v) is 3.86. The number of hydrogen-bond donors (Lipinski definition) is 5. The number of fused-ring (bicyclic) bond motifs is 1. The summed E-state index contributed by atoms with van der Waals surface area (Å²) < 4.78 is 11.6. The van der Waals surface area contributed by atoms with Crippen LogP contribution in [0.5, 0.6) is 23.0 Å². The fourth-order valence-electron chi connectivity index (χ4n) is 3.86. The lowest BCUT2D eigenvalue weighted by molar-refractivity contribution is 0.176. The second-order valence-corrected chi connectivity index (χ2v) is 9.75. The van der Waals surface area contributed by atoms with E-state index in [4.69, 9.17) is 15.2 Å². The fraction of sp³-hybridized carbons (Fsp3) is 0.276. The third kappa shape index (κ3) is 7.33. The molecule has 0 radical (unpaired) electrons. The summed E-state index contributed by atoms with van der Waals surface area (Å²) in [6, 6.07) is 21.4. The van der Waals surface area contributed by atoms with Crippen molar-refractivity contribution in [2.75, 3.05) is 19.7 Å². The first-order valence-electron chi connectivity index (χ1n) is 12.2. The normalized spacial score (nSPS) is 12.4. The van der Waals surface area contributed by atoms with Gasteiger partial charge < -0.3 is 35.7 Å². The summed E-state index contributed by atoms with van der Waals surface area (Å²) in [6.07, 6.45) is -0.0106. The van der Waals surface area contributed by atoms with Crippen LogP contribution >= 0.6 is 0 Å². The first-order valence-corrected chi connectivity index (χ1v) is 12.2. The number of phenolic OH excluding ortho intramolecular Hbond substituents is 1. The van der Waals surface area contributed by atoms with Gasteiger partial charge >= 0.3 is 0 Å². The molecule has 1 atom stereocenters. The Morgan fingerprint density at radius 3 is 2.27 bits per heavy atom. The average Bonchev–Trinajstić information content (AvgIpc) is 2.87. The zero-order valence-electron chi connectivity index (χ0n) is 21.0. The molecule has 0 aliphatic heterocycles. The Hall–Kier alpha value is -3.85. The Bertz CT molecular complexity index is 1380. The monoisotopic (exact) mass is 503 g/mol. The van der Waals surface area contributed by atoms with E-state index in [9.17, 15) is 15.0 Å². The number of benzene rings is 3. The van der Waals surface area contributed by atoms with Crippen LogP contribution in [-0.2, 0) is 6.42 Å². The van der Waals surface area contributed by atoms with E-state index in [-0.39, 0.29) is 11.3 Å². The Labute approximate surface area is 215 Å². The molecule has 8 heteroatoms. The van der Waals surface area contributed by atoms with Crippen molar-refractivity contribution in [3.8, 4) is 23.0 Å². The minimum Gasteiger partial charge on any atom is -0.506 e. The highest BCUT2D eigenvalue weighted by atomic mass is 16.5. The second kappa shape index (κ2) is 11.5. The maximum Gasteiger partial charge on any atom is 0.248 e. The van der Waals surface area contributed by atoms with Crippen LogP contribution in [-0.4, -0.2) is 40.4 Å². The Balaban J connectivity index is 1.25. The maximum atomic E-state index is 11.6. The third-order valence-electron chi connectivity index (χ3n) is 5.79. The lowest BCUT2D eigenvalue weighted by atomic mass is 10.0. The zero-order chi connectivity index (χ0) is 26.4. The molecular weight excluding hydrogens is 470 g/mol. The summed E-state index contributed by atoms with van der Waals surface area (Å²) >= 11 is 0. The molecule has 0 saturated heterocycles. The van der Waals surface area contributed by atoms with Gasteiger partial charge in [0, 0.05) is 23.5 Å². The van der Waals surface area contributed by atoms with E-state index in [1.807, 2.05) is 62.4 Å². The summed E-state index contributed by atoms with van der Waals surface area (Å²) in [5.74, 6) is 2.17. The Morgan fingerprint density at radius 2 is 1.59 bits per heavy atom. The van der Waals surface area contributed by atoms with Crippen LogP contribution in [0.4, 0.5) is 0 Å². The summed E-state index contributed by atoms with van der Waals surface area (Å²) in [7, 11) is 0. The van der Waals surface area contributed by atoms with E-state index in [2.05, 4.69) is 10.3 Å². The number of aromatic nitrogens is 1. The smallest absolute Gasteiger partial charge is 0.248 e. The van der Waals surface area contributed by atoms with Crippen molar-refractivity contribution < 1.29 is 19.7 Å². The topological polar surface area (TPSA) is 130 Å². The molecule has 4 aromatic rings. The van der Waals surface area contributed by atoms with Gasteiger partial charge in [0.2, 0.25) is 5.56 Å². The maximum absolute atomic E-state index is 11.6.